The topological polar surface area (TPSA) is 80.9 Å². The summed E-state index contributed by atoms with van der Waals surface area (Å²) in [5.74, 6) is 1.46. The zero-order valence-corrected chi connectivity index (χ0v) is 18.5. The van der Waals surface area contributed by atoms with Gasteiger partial charge in [-0.05, 0) is 37.3 Å². The Morgan fingerprint density at radius 1 is 1.19 bits per heavy atom. The molecule has 7 nitrogen and oxygen atoms in total. The number of methoxy groups -OCH3 is 2. The summed E-state index contributed by atoms with van der Waals surface area (Å²) in [6.07, 6.45) is 1.67. The van der Waals surface area contributed by atoms with E-state index < -0.39 is 6.04 Å². The van der Waals surface area contributed by atoms with E-state index >= 15 is 0 Å². The summed E-state index contributed by atoms with van der Waals surface area (Å²) in [6, 6.07) is 12.2. The van der Waals surface area contributed by atoms with Gasteiger partial charge in [0, 0.05) is 17.3 Å². The number of anilines is 1. The van der Waals surface area contributed by atoms with E-state index in [-0.39, 0.29) is 5.91 Å². The van der Waals surface area contributed by atoms with Crippen LogP contribution in [0.25, 0.3) is 0 Å². The van der Waals surface area contributed by atoms with E-state index in [9.17, 15) is 4.79 Å². The maximum Gasteiger partial charge on any atom is 0.255 e. The molecule has 0 aromatic heterocycles. The second-order valence-corrected chi connectivity index (χ2v) is 7.14. The Kier molecular flexibility index (Phi) is 7.15. The van der Waals surface area contributed by atoms with Crippen molar-refractivity contribution in [2.45, 2.75) is 13.0 Å². The highest BCUT2D eigenvalue weighted by Gasteiger charge is 2.32. The molecule has 162 valence electrons. The fourth-order valence-electron chi connectivity index (χ4n) is 3.32. The Morgan fingerprint density at radius 3 is 2.68 bits per heavy atom. The highest BCUT2D eigenvalue weighted by molar-refractivity contribution is 7.80. The van der Waals surface area contributed by atoms with E-state index in [2.05, 4.69) is 22.5 Å². The van der Waals surface area contributed by atoms with E-state index in [4.69, 9.17) is 26.4 Å². The molecule has 3 rings (SSSR count). The van der Waals surface area contributed by atoms with Crippen LogP contribution in [0.4, 0.5) is 5.69 Å². The molecule has 0 saturated heterocycles. The minimum Gasteiger partial charge on any atom is -0.497 e. The summed E-state index contributed by atoms with van der Waals surface area (Å²) in [5, 5.41) is 9.59. The Morgan fingerprint density at radius 2 is 1.97 bits per heavy atom. The lowest BCUT2D eigenvalue weighted by Gasteiger charge is -2.31. The Bertz CT molecular complexity index is 1040. The molecule has 2 aromatic carbocycles. The molecule has 0 saturated carbocycles. The first-order chi connectivity index (χ1) is 15.0. The fraction of sp³-hybridized carbons (Fsp3) is 0.217. The molecule has 1 amide bonds. The second-order valence-electron chi connectivity index (χ2n) is 6.73. The van der Waals surface area contributed by atoms with Gasteiger partial charge in [0.25, 0.3) is 5.91 Å². The lowest BCUT2D eigenvalue weighted by Crippen LogP contribution is -2.45. The first-order valence-electron chi connectivity index (χ1n) is 9.62. The van der Waals surface area contributed by atoms with Crippen LogP contribution in [0.3, 0.4) is 0 Å². The summed E-state index contributed by atoms with van der Waals surface area (Å²) in [6.45, 7) is 5.86. The number of ether oxygens (including phenoxy) is 3. The maximum atomic E-state index is 13.4. The molecule has 0 radical (unpaired) electrons. The van der Waals surface area contributed by atoms with Crippen LogP contribution in [0, 0.1) is 0 Å². The van der Waals surface area contributed by atoms with Crippen LogP contribution >= 0.6 is 12.2 Å². The molecule has 3 N–H and O–H groups in total. The van der Waals surface area contributed by atoms with Crippen molar-refractivity contribution in [3.8, 4) is 17.2 Å². The molecular weight excluding hydrogens is 414 g/mol. The quantitative estimate of drug-likeness (QED) is 0.427. The van der Waals surface area contributed by atoms with Gasteiger partial charge in [-0.2, -0.15) is 0 Å². The zero-order valence-electron chi connectivity index (χ0n) is 17.7. The van der Waals surface area contributed by atoms with Crippen LogP contribution < -0.4 is 30.2 Å². The van der Waals surface area contributed by atoms with Gasteiger partial charge in [-0.15, -0.1) is 0 Å². The highest BCUT2D eigenvalue weighted by atomic mass is 32.1. The molecule has 0 fully saturated rings. The predicted molar refractivity (Wildman–Crippen MR) is 125 cm³/mol. The van der Waals surface area contributed by atoms with Gasteiger partial charge in [-0.25, -0.2) is 0 Å². The molecule has 1 heterocycles. The van der Waals surface area contributed by atoms with E-state index in [0.29, 0.717) is 45.9 Å². The largest absolute Gasteiger partial charge is 0.497 e. The average Bonchev–Trinajstić information content (AvgIpc) is 2.77. The predicted octanol–water partition coefficient (Wildman–Crippen LogP) is 3.70. The number of nitrogens with one attached hydrogen (secondary N) is 3. The van der Waals surface area contributed by atoms with Gasteiger partial charge < -0.3 is 30.2 Å². The van der Waals surface area contributed by atoms with E-state index in [0.717, 1.165) is 5.56 Å². The van der Waals surface area contributed by atoms with Gasteiger partial charge in [0.15, 0.2) is 5.11 Å². The average molecular weight is 440 g/mol. The van der Waals surface area contributed by atoms with Crippen LogP contribution in [0.15, 0.2) is 66.4 Å². The van der Waals surface area contributed by atoms with Crippen LogP contribution in [-0.4, -0.2) is 31.8 Å². The minimum absolute atomic E-state index is 0.299. The number of rotatable bonds is 8. The SMILES string of the molecule is C=CCOc1ccccc1[C@@H]1NC(=S)NC(C)=C1C(=O)Nc1ccc(OC)cc1OC. The molecule has 1 aliphatic rings. The fourth-order valence-corrected chi connectivity index (χ4v) is 3.59. The normalized spacial score (nSPS) is 15.5. The van der Waals surface area contributed by atoms with Crippen molar-refractivity contribution in [1.82, 2.24) is 10.6 Å². The van der Waals surface area contributed by atoms with Crippen molar-refractivity contribution in [2.75, 3.05) is 26.1 Å². The van der Waals surface area contributed by atoms with Gasteiger partial charge in [-0.1, -0.05) is 30.9 Å². The lowest BCUT2D eigenvalue weighted by atomic mass is 9.94. The lowest BCUT2D eigenvalue weighted by molar-refractivity contribution is -0.113. The van der Waals surface area contributed by atoms with Gasteiger partial charge in [-0.3, -0.25) is 4.79 Å². The number of amides is 1. The van der Waals surface area contributed by atoms with Crippen LogP contribution in [0.5, 0.6) is 17.2 Å². The summed E-state index contributed by atoms with van der Waals surface area (Å²) in [4.78, 5) is 13.4. The second kappa shape index (κ2) is 9.99. The Balaban J connectivity index is 1.98. The first kappa shape index (κ1) is 22.2. The summed E-state index contributed by atoms with van der Waals surface area (Å²) < 4.78 is 16.4. The van der Waals surface area contributed by atoms with Gasteiger partial charge in [0.05, 0.1) is 31.5 Å². The third-order valence-corrected chi connectivity index (χ3v) is 4.98. The molecule has 0 bridgehead atoms. The first-order valence-corrected chi connectivity index (χ1v) is 10.0. The van der Waals surface area contributed by atoms with Crippen molar-refractivity contribution in [3.63, 3.8) is 0 Å². The monoisotopic (exact) mass is 439 g/mol. The van der Waals surface area contributed by atoms with Gasteiger partial charge in [0.2, 0.25) is 0 Å². The summed E-state index contributed by atoms with van der Waals surface area (Å²) >= 11 is 5.35. The minimum atomic E-state index is -0.501. The van der Waals surface area contributed by atoms with E-state index in [1.54, 1.807) is 31.4 Å². The molecule has 0 unspecified atom stereocenters. The summed E-state index contributed by atoms with van der Waals surface area (Å²) in [5.41, 5.74) is 2.45. The van der Waals surface area contributed by atoms with E-state index in [1.165, 1.54) is 7.11 Å². The third-order valence-electron chi connectivity index (χ3n) is 4.76. The van der Waals surface area contributed by atoms with Crippen LogP contribution in [0.2, 0.25) is 0 Å². The number of thiocarbonyl (C=S) groups is 1. The number of hydrogen-bond acceptors (Lipinski definition) is 5. The van der Waals surface area contributed by atoms with Crippen molar-refractivity contribution in [3.05, 3.63) is 72.0 Å². The molecule has 31 heavy (non-hydrogen) atoms. The van der Waals surface area contributed by atoms with E-state index in [1.807, 2.05) is 31.2 Å². The van der Waals surface area contributed by atoms with Crippen LogP contribution in [-0.2, 0) is 4.79 Å². The van der Waals surface area contributed by atoms with Crippen LogP contribution in [0.1, 0.15) is 18.5 Å². The number of hydrogen-bond donors (Lipinski definition) is 3. The molecule has 1 aliphatic heterocycles. The molecule has 1 atom stereocenters. The van der Waals surface area contributed by atoms with Crippen molar-refractivity contribution in [1.29, 1.82) is 0 Å². The number of benzene rings is 2. The van der Waals surface area contributed by atoms with Crippen molar-refractivity contribution in [2.24, 2.45) is 0 Å². The molecule has 8 heteroatoms. The molecule has 0 aliphatic carbocycles. The number of allylic oxidation sites excluding steroid dienone is 1. The maximum absolute atomic E-state index is 13.4. The number of carbonyl (C=O) groups excluding carboxylic acids is 1. The Hall–Kier alpha value is -3.52. The third kappa shape index (κ3) is 4.97. The molecule has 0 spiro atoms. The highest BCUT2D eigenvalue weighted by Crippen LogP contribution is 2.35. The zero-order chi connectivity index (χ0) is 22.4. The van der Waals surface area contributed by atoms with Gasteiger partial charge in [0.1, 0.15) is 23.9 Å². The smallest absolute Gasteiger partial charge is 0.255 e. The standard InChI is InChI=1S/C23H25N3O4S/c1-5-12-30-18-9-7-6-8-16(18)21-20(14(2)24-23(31)26-21)22(27)25-17-11-10-15(28-3)13-19(17)29-4/h5-11,13,21H,1,12H2,2-4H3,(H,25,27)(H2,24,26,31)/t21-/m0/s1. The number of para-hydroxylation sites is 1. The molecule has 2 aromatic rings. The number of carbonyl (C=O) groups is 1. The molecular formula is C23H25N3O4S. The van der Waals surface area contributed by atoms with Crippen molar-refractivity contribution < 1.29 is 19.0 Å². The summed E-state index contributed by atoms with van der Waals surface area (Å²) in [7, 11) is 3.10. The Labute approximate surface area is 187 Å². The van der Waals surface area contributed by atoms with Gasteiger partial charge >= 0.3 is 0 Å². The van der Waals surface area contributed by atoms with Crippen molar-refractivity contribution >= 4 is 28.9 Å².